The van der Waals surface area contributed by atoms with E-state index in [-0.39, 0.29) is 5.78 Å². The molecular weight excluding hydrogens is 258 g/mol. The molecular formula is C14H21N3OS. The third-order valence-corrected chi connectivity index (χ3v) is 4.36. The first-order valence-electron chi connectivity index (χ1n) is 6.49. The molecule has 0 aromatic carbocycles. The summed E-state index contributed by atoms with van der Waals surface area (Å²) in [4.78, 5) is 14.3. The number of carbonyl (C=O) groups is 1. The van der Waals surface area contributed by atoms with Crippen LogP contribution >= 0.6 is 11.3 Å². The Kier molecular flexibility index (Phi) is 5.37. The van der Waals surface area contributed by atoms with Crippen molar-refractivity contribution < 1.29 is 4.79 Å². The van der Waals surface area contributed by atoms with Gasteiger partial charge in [0.05, 0.1) is 10.6 Å². The van der Waals surface area contributed by atoms with Crippen LogP contribution in [0.1, 0.15) is 48.8 Å². The molecule has 0 aliphatic heterocycles. The van der Waals surface area contributed by atoms with Crippen LogP contribution in [-0.2, 0) is 0 Å². The third kappa shape index (κ3) is 3.48. The van der Waals surface area contributed by atoms with Gasteiger partial charge in [0, 0.05) is 20.0 Å². The second kappa shape index (κ2) is 6.58. The number of hydrogen-bond acceptors (Lipinski definition) is 5. The largest absolute Gasteiger partial charge is 0.396 e. The van der Waals surface area contributed by atoms with Gasteiger partial charge in [-0.2, -0.15) is 5.26 Å². The normalized spacial score (nSPS) is 10.5. The molecule has 0 saturated carbocycles. The van der Waals surface area contributed by atoms with Crippen LogP contribution < -0.4 is 10.6 Å². The maximum Gasteiger partial charge on any atom is 0.174 e. The van der Waals surface area contributed by atoms with Gasteiger partial charge in [-0.1, -0.05) is 20.8 Å². The standard InChI is InChI=1S/C14H21N3OS/c1-5-11(18)13-12(16)10(8-15)14(19-13)17(4)7-6-9(2)3/h9H,5-7,16H2,1-4H3. The summed E-state index contributed by atoms with van der Waals surface area (Å²) in [5.41, 5.74) is 6.70. The highest BCUT2D eigenvalue weighted by Gasteiger charge is 2.22. The zero-order valence-corrected chi connectivity index (χ0v) is 12.8. The maximum atomic E-state index is 11.8. The van der Waals surface area contributed by atoms with Crippen LogP contribution in [0.25, 0.3) is 0 Å². The molecule has 1 heterocycles. The number of thiophene rings is 1. The fraction of sp³-hybridized carbons (Fsp3) is 0.571. The Morgan fingerprint density at radius 3 is 2.63 bits per heavy atom. The summed E-state index contributed by atoms with van der Waals surface area (Å²) < 4.78 is 0. The highest BCUT2D eigenvalue weighted by molar-refractivity contribution is 7.19. The lowest BCUT2D eigenvalue weighted by Gasteiger charge is -2.18. The molecule has 2 N–H and O–H groups in total. The fourth-order valence-electron chi connectivity index (χ4n) is 1.73. The van der Waals surface area contributed by atoms with Crippen molar-refractivity contribution in [3.05, 3.63) is 10.4 Å². The van der Waals surface area contributed by atoms with Crippen LogP contribution in [0.3, 0.4) is 0 Å². The molecule has 0 spiro atoms. The van der Waals surface area contributed by atoms with Crippen molar-refractivity contribution in [2.24, 2.45) is 5.92 Å². The van der Waals surface area contributed by atoms with Crippen LogP contribution in [0.5, 0.6) is 0 Å². The number of carbonyl (C=O) groups excluding carboxylic acids is 1. The minimum Gasteiger partial charge on any atom is -0.396 e. The van der Waals surface area contributed by atoms with Crippen LogP contribution in [0.2, 0.25) is 0 Å². The number of Topliss-reactive ketones (excluding diaryl/α,β-unsaturated/α-hetero) is 1. The van der Waals surface area contributed by atoms with Gasteiger partial charge in [-0.15, -0.1) is 11.3 Å². The highest BCUT2D eigenvalue weighted by atomic mass is 32.1. The molecule has 0 unspecified atom stereocenters. The van der Waals surface area contributed by atoms with Crippen molar-refractivity contribution in [3.63, 3.8) is 0 Å². The Morgan fingerprint density at radius 2 is 2.16 bits per heavy atom. The van der Waals surface area contributed by atoms with E-state index in [9.17, 15) is 10.1 Å². The molecule has 1 rings (SSSR count). The lowest BCUT2D eigenvalue weighted by molar-refractivity contribution is 0.0993. The van der Waals surface area contributed by atoms with Crippen molar-refractivity contribution in [1.82, 2.24) is 0 Å². The van der Waals surface area contributed by atoms with E-state index in [1.165, 1.54) is 11.3 Å². The Hall–Kier alpha value is -1.54. The number of anilines is 2. The number of nitrogens with two attached hydrogens (primary N) is 1. The van der Waals surface area contributed by atoms with Gasteiger partial charge in [-0.3, -0.25) is 4.79 Å². The monoisotopic (exact) mass is 279 g/mol. The summed E-state index contributed by atoms with van der Waals surface area (Å²) in [6.07, 6.45) is 1.45. The van der Waals surface area contributed by atoms with Crippen LogP contribution in [0.4, 0.5) is 10.7 Å². The molecule has 0 atom stereocenters. The van der Waals surface area contributed by atoms with Crippen molar-refractivity contribution in [3.8, 4) is 6.07 Å². The number of ketones is 1. The maximum absolute atomic E-state index is 11.8. The second-order valence-electron chi connectivity index (χ2n) is 5.02. The van der Waals surface area contributed by atoms with Crippen molar-refractivity contribution in [2.45, 2.75) is 33.6 Å². The molecule has 1 aromatic heterocycles. The Balaban J connectivity index is 3.07. The van der Waals surface area contributed by atoms with E-state index in [0.717, 1.165) is 18.0 Å². The van der Waals surface area contributed by atoms with Gasteiger partial charge in [0.15, 0.2) is 5.78 Å². The van der Waals surface area contributed by atoms with Gasteiger partial charge in [0.1, 0.15) is 16.6 Å². The fourth-order valence-corrected chi connectivity index (χ4v) is 2.90. The van der Waals surface area contributed by atoms with Crippen LogP contribution in [-0.4, -0.2) is 19.4 Å². The SMILES string of the molecule is CCC(=O)c1sc(N(C)CCC(C)C)c(C#N)c1N. The zero-order chi connectivity index (χ0) is 14.6. The number of nitriles is 1. The van der Waals surface area contributed by atoms with Crippen molar-refractivity contribution in [2.75, 3.05) is 24.2 Å². The van der Waals surface area contributed by atoms with Gasteiger partial charge in [0.25, 0.3) is 0 Å². The van der Waals surface area contributed by atoms with Gasteiger partial charge >= 0.3 is 0 Å². The predicted octanol–water partition coefficient (Wildman–Crippen LogP) is 3.28. The van der Waals surface area contributed by atoms with E-state index in [4.69, 9.17) is 5.73 Å². The molecule has 0 bridgehead atoms. The highest BCUT2D eigenvalue weighted by Crippen LogP contribution is 2.38. The number of rotatable bonds is 6. The van der Waals surface area contributed by atoms with E-state index in [1.54, 1.807) is 6.92 Å². The average Bonchev–Trinajstić information content (AvgIpc) is 2.72. The van der Waals surface area contributed by atoms with E-state index in [2.05, 4.69) is 19.9 Å². The molecule has 104 valence electrons. The summed E-state index contributed by atoms with van der Waals surface area (Å²) in [6, 6.07) is 2.12. The van der Waals surface area contributed by atoms with Gasteiger partial charge in [0.2, 0.25) is 0 Å². The minimum atomic E-state index is 0.00232. The summed E-state index contributed by atoms with van der Waals surface area (Å²) in [7, 11) is 1.94. The average molecular weight is 279 g/mol. The molecule has 4 nitrogen and oxygen atoms in total. The number of nitrogen functional groups attached to an aromatic ring is 1. The number of nitrogens with zero attached hydrogens (tertiary/aromatic N) is 2. The van der Waals surface area contributed by atoms with E-state index in [1.807, 2.05) is 11.9 Å². The number of hydrogen-bond donors (Lipinski definition) is 1. The second-order valence-corrected chi connectivity index (χ2v) is 6.02. The third-order valence-electron chi connectivity index (χ3n) is 3.00. The van der Waals surface area contributed by atoms with Crippen LogP contribution in [0.15, 0.2) is 0 Å². The molecule has 0 aliphatic carbocycles. The molecule has 19 heavy (non-hydrogen) atoms. The van der Waals surface area contributed by atoms with Crippen molar-refractivity contribution in [1.29, 1.82) is 5.26 Å². The van der Waals surface area contributed by atoms with Gasteiger partial charge in [-0.05, 0) is 12.3 Å². The first kappa shape index (κ1) is 15.5. The van der Waals surface area contributed by atoms with Gasteiger partial charge < -0.3 is 10.6 Å². The predicted molar refractivity (Wildman–Crippen MR) is 80.8 cm³/mol. The molecule has 0 saturated heterocycles. The summed E-state index contributed by atoms with van der Waals surface area (Å²) in [5, 5.41) is 10.0. The summed E-state index contributed by atoms with van der Waals surface area (Å²) >= 11 is 1.33. The van der Waals surface area contributed by atoms with Crippen molar-refractivity contribution >= 4 is 27.8 Å². The molecule has 0 amide bonds. The van der Waals surface area contributed by atoms with E-state index in [0.29, 0.717) is 28.5 Å². The minimum absolute atomic E-state index is 0.00232. The first-order valence-corrected chi connectivity index (χ1v) is 7.30. The Morgan fingerprint density at radius 1 is 1.53 bits per heavy atom. The first-order chi connectivity index (χ1) is 8.92. The lowest BCUT2D eigenvalue weighted by Crippen LogP contribution is -2.19. The molecule has 1 aromatic rings. The molecule has 0 fully saturated rings. The Labute approximate surface area is 118 Å². The van der Waals surface area contributed by atoms with Crippen LogP contribution in [0, 0.1) is 17.2 Å². The summed E-state index contributed by atoms with van der Waals surface area (Å²) in [5.74, 6) is 0.601. The molecule has 5 heteroatoms. The molecule has 0 radical (unpaired) electrons. The Bertz CT molecular complexity index is 500. The van der Waals surface area contributed by atoms with E-state index >= 15 is 0 Å². The smallest absolute Gasteiger partial charge is 0.174 e. The molecule has 0 aliphatic rings. The lowest BCUT2D eigenvalue weighted by atomic mass is 10.1. The van der Waals surface area contributed by atoms with E-state index < -0.39 is 0 Å². The van der Waals surface area contributed by atoms with Gasteiger partial charge in [-0.25, -0.2) is 0 Å². The quantitative estimate of drug-likeness (QED) is 0.811. The topological polar surface area (TPSA) is 70.1 Å². The summed E-state index contributed by atoms with van der Waals surface area (Å²) in [6.45, 7) is 6.98. The zero-order valence-electron chi connectivity index (χ0n) is 12.0.